The van der Waals surface area contributed by atoms with Gasteiger partial charge in [-0.25, -0.2) is 19.6 Å². The number of hydrogen-bond donors (Lipinski definition) is 1. The molecule has 83 heavy (non-hydrogen) atoms. The predicted molar refractivity (Wildman–Crippen MR) is 315 cm³/mol. The number of nitrogens with zero attached hydrogens (tertiary/aromatic N) is 8. The number of fused-ring (bicyclic) bond motifs is 10. The third-order valence-corrected chi connectivity index (χ3v) is 19.1. The van der Waals surface area contributed by atoms with Crippen molar-refractivity contribution in [3.05, 3.63) is 80.6 Å². The number of para-hydroxylation sites is 4. The van der Waals surface area contributed by atoms with Crippen LogP contribution in [0.3, 0.4) is 0 Å². The number of ether oxygens (including phenoxy) is 2. The Balaban J connectivity index is 0.000000239. The maximum atomic E-state index is 14.0. The average molecular weight is 1310 g/mol. The van der Waals surface area contributed by atoms with Gasteiger partial charge in [0.2, 0.25) is 11.4 Å². The molecule has 0 radical (unpaired) electrons. The van der Waals surface area contributed by atoms with Crippen LogP contribution in [0.15, 0.2) is 68.4 Å². The maximum Gasteiger partial charge on any atom is 1.00 e. The first kappa shape index (κ1) is 68.4. The molecule has 4 aromatic rings. The summed E-state index contributed by atoms with van der Waals surface area (Å²) < 4.78 is 13.9. The first-order valence-electron chi connectivity index (χ1n) is 29.9. The number of benzene rings is 2. The van der Waals surface area contributed by atoms with E-state index in [4.69, 9.17) is 24.4 Å². The molecule has 12 rings (SSSR count). The van der Waals surface area contributed by atoms with E-state index in [-0.39, 0.29) is 164 Å². The molecule has 0 spiro atoms. The van der Waals surface area contributed by atoms with Crippen LogP contribution < -0.4 is 119 Å². The van der Waals surface area contributed by atoms with Gasteiger partial charge in [0, 0.05) is 48.3 Å². The Labute approximate surface area is 587 Å². The number of esters is 2. The molecule has 6 heterocycles. The summed E-state index contributed by atoms with van der Waals surface area (Å²) in [6.07, 6.45) is 28.0. The van der Waals surface area contributed by atoms with E-state index in [1.165, 1.54) is 123 Å². The Morgan fingerprint density at radius 1 is 0.590 bits per heavy atom. The molecule has 2 aromatic heterocycles. The molecule has 4 saturated heterocycles. The SMILES string of the molecule is CCOC(=O)/C(=N\O)c1nc2ccccc2n(C2C[C@H]3CC[C@@H](C2)N3C2CC3CCCCC(C3)C2)c1=O.CCOC(=O)/C(=N\OC)c1nc2ccccc2n(C2C[C@H]3CC[C@@H](C2)N3C2CC3CCCCC(C3)C2)c1=O.CI.O=CO[O-].[H-].[K+].[K+]. The molecule has 1 N–H and O–H groups in total. The van der Waals surface area contributed by atoms with Crippen molar-refractivity contribution in [3.63, 3.8) is 0 Å². The fourth-order valence-corrected chi connectivity index (χ4v) is 16.4. The molecule has 10 atom stereocenters. The molecule has 8 fully saturated rings. The smallest absolute Gasteiger partial charge is 1.00 e. The van der Waals surface area contributed by atoms with E-state index < -0.39 is 17.7 Å². The second-order valence-electron chi connectivity index (χ2n) is 23.6. The minimum atomic E-state index is -0.843. The average Bonchev–Trinajstić information content (AvgIpc) is 1.69. The normalized spacial score (nSPS) is 29.2. The van der Waals surface area contributed by atoms with Gasteiger partial charge in [-0.05, 0) is 157 Å². The van der Waals surface area contributed by atoms with Crippen molar-refractivity contribution in [2.24, 2.45) is 34.0 Å². The first-order valence-corrected chi connectivity index (χ1v) is 32.1. The summed E-state index contributed by atoms with van der Waals surface area (Å²) in [5.74, 6) is 2.02. The monoisotopic (exact) mass is 1310 g/mol. The largest absolute Gasteiger partial charge is 1.00 e. The van der Waals surface area contributed by atoms with E-state index in [1.807, 2.05) is 62.6 Å². The molecular formula is C61H83IK2N8O11. The molecule has 4 aliphatic heterocycles. The molecule has 6 unspecified atom stereocenters. The minimum Gasteiger partial charge on any atom is -1.00 e. The molecule has 2 aromatic carbocycles. The van der Waals surface area contributed by atoms with Crippen LogP contribution in [0.4, 0.5) is 0 Å². The van der Waals surface area contributed by atoms with Crippen LogP contribution in [0.2, 0.25) is 0 Å². The van der Waals surface area contributed by atoms with E-state index in [9.17, 15) is 24.4 Å². The Hall–Kier alpha value is -2.05. The number of halogens is 1. The summed E-state index contributed by atoms with van der Waals surface area (Å²) in [5, 5.41) is 25.1. The zero-order valence-electron chi connectivity index (χ0n) is 50.6. The predicted octanol–water partition coefficient (Wildman–Crippen LogP) is 3.11. The van der Waals surface area contributed by atoms with Gasteiger partial charge in [0.25, 0.3) is 17.6 Å². The van der Waals surface area contributed by atoms with E-state index in [1.54, 1.807) is 13.8 Å². The quantitative estimate of drug-likeness (QED) is 0.0247. The molecule has 8 bridgehead atoms. The van der Waals surface area contributed by atoms with E-state index in [0.717, 1.165) is 60.4 Å². The first-order chi connectivity index (χ1) is 39.5. The zero-order valence-corrected chi connectivity index (χ0v) is 58.0. The van der Waals surface area contributed by atoms with Gasteiger partial charge in [0.05, 0.1) is 35.3 Å². The van der Waals surface area contributed by atoms with Crippen LogP contribution in [0, 0.1) is 23.7 Å². The summed E-state index contributed by atoms with van der Waals surface area (Å²) in [6.45, 7) is 3.50. The van der Waals surface area contributed by atoms with Crippen LogP contribution >= 0.6 is 22.6 Å². The summed E-state index contributed by atoms with van der Waals surface area (Å²) >= 11 is 2.15. The third-order valence-electron chi connectivity index (χ3n) is 19.1. The fourth-order valence-electron chi connectivity index (χ4n) is 16.4. The van der Waals surface area contributed by atoms with Crippen LogP contribution in [0.5, 0.6) is 0 Å². The molecule has 4 aliphatic carbocycles. The maximum absolute atomic E-state index is 14.0. The Kier molecular flexibility index (Phi) is 27.2. The summed E-state index contributed by atoms with van der Waals surface area (Å²) in [7, 11) is 1.35. The van der Waals surface area contributed by atoms with Crippen molar-refractivity contribution in [2.75, 3.05) is 25.3 Å². The van der Waals surface area contributed by atoms with Crippen molar-refractivity contribution >= 4 is 74.5 Å². The van der Waals surface area contributed by atoms with Gasteiger partial charge < -0.3 is 40.2 Å². The fraction of sp³-hybridized carbons (Fsp3) is 0.656. The van der Waals surface area contributed by atoms with Gasteiger partial charge in [-0.2, -0.15) is 0 Å². The van der Waals surface area contributed by atoms with Gasteiger partial charge in [-0.15, -0.1) is 0 Å². The van der Waals surface area contributed by atoms with Gasteiger partial charge in [0.15, 0.2) is 11.4 Å². The molecule has 4 saturated carbocycles. The second kappa shape index (κ2) is 33.0. The van der Waals surface area contributed by atoms with Crippen LogP contribution in [-0.4, -0.2) is 125 Å². The second-order valence-corrected chi connectivity index (χ2v) is 23.6. The minimum absolute atomic E-state index is 0. The Morgan fingerprint density at radius 2 is 0.940 bits per heavy atom. The molecule has 19 nitrogen and oxygen atoms in total. The van der Waals surface area contributed by atoms with Gasteiger partial charge in [-0.1, -0.05) is 109 Å². The van der Waals surface area contributed by atoms with Crippen LogP contribution in [-0.2, 0) is 33.6 Å². The van der Waals surface area contributed by atoms with Crippen molar-refractivity contribution in [1.29, 1.82) is 0 Å². The van der Waals surface area contributed by atoms with Crippen molar-refractivity contribution < 1.29 is 148 Å². The van der Waals surface area contributed by atoms with Crippen molar-refractivity contribution in [3.8, 4) is 0 Å². The van der Waals surface area contributed by atoms with E-state index in [0.29, 0.717) is 47.3 Å². The van der Waals surface area contributed by atoms with Crippen LogP contribution in [0.25, 0.3) is 22.1 Å². The third kappa shape index (κ3) is 15.7. The molecule has 442 valence electrons. The van der Waals surface area contributed by atoms with Crippen LogP contribution in [0.1, 0.15) is 180 Å². The summed E-state index contributed by atoms with van der Waals surface area (Å²) in [5.41, 5.74) is 1.40. The zero-order chi connectivity index (χ0) is 57.2. The van der Waals surface area contributed by atoms with Gasteiger partial charge in [-0.3, -0.25) is 24.2 Å². The number of oxime groups is 2. The topological polar surface area (TPSA) is 232 Å². The molecular weight excluding hydrogens is 1230 g/mol. The number of rotatable bonds is 12. The van der Waals surface area contributed by atoms with Gasteiger partial charge in [0.1, 0.15) is 7.11 Å². The number of piperidine rings is 2. The van der Waals surface area contributed by atoms with Crippen molar-refractivity contribution in [2.45, 2.75) is 203 Å². The number of alkyl halides is 1. The molecule has 8 aliphatic rings. The number of aromatic nitrogens is 4. The number of carbonyl (C=O) groups excluding carboxylic acids is 3. The number of hydrogen-bond acceptors (Lipinski definition) is 17. The van der Waals surface area contributed by atoms with Gasteiger partial charge >= 0.3 is 115 Å². The standard InChI is InChI=1S/C30H40N4O4.C29H38N4O4.CH3I.CH2O3.2K.H/c1-3-38-30(36)28(32-37-2)27-29(35)34(26-11-7-6-10-25(26)31-27)24-17-21-12-13-22(18-24)33(21)23-15-19-8-4-5-9-20(14-19)16-23;1-2-37-29(35)27(31-36)26-28(34)33(25-10-6-5-9-24(25)30-26)23-16-20-11-12-21(17-23)32(20)22-14-18-7-3-4-8-19(13-18)15-22;1-2;2-1-4-3;;;/h6-7,10-11,19-24H,3-5,8-9,12-18H2,1-2H3;5-6,9-10,18-23,36H,2-4,7-8,11-17H2,1H3;1H3;1,3H;;;/q;;;;2*+1;-1/p-1/b32-28-;31-27-;;;;;/t19?,20?,21-,22+,23?,24?;18?,19?,20-,21+,22?,23?;;;;;. The van der Waals surface area contributed by atoms with E-state index >= 15 is 0 Å². The summed E-state index contributed by atoms with van der Waals surface area (Å²) in [4.78, 5) is 86.0. The Bertz CT molecular complexity index is 2970. The molecule has 22 heteroatoms. The summed E-state index contributed by atoms with van der Waals surface area (Å²) in [6, 6.07) is 18.6. The van der Waals surface area contributed by atoms with E-state index in [2.05, 4.69) is 57.6 Å². The Morgan fingerprint density at radius 3 is 1.28 bits per heavy atom. The molecule has 0 amide bonds. The van der Waals surface area contributed by atoms with Crippen molar-refractivity contribution in [1.82, 2.24) is 28.9 Å². The number of carbonyl (C=O) groups is 3.